The predicted molar refractivity (Wildman–Crippen MR) is 313 cm³/mol. The van der Waals surface area contributed by atoms with Gasteiger partial charge in [-0.3, -0.25) is 4.90 Å². The van der Waals surface area contributed by atoms with Gasteiger partial charge in [-0.1, -0.05) is 53.7 Å². The Balaban J connectivity index is 2.23. The van der Waals surface area contributed by atoms with E-state index in [9.17, 15) is 186 Å². The van der Waals surface area contributed by atoms with E-state index in [4.69, 9.17) is 4.74 Å². The topological polar surface area (TPSA) is 84.9 Å². The molecule has 1 atom stereocenters. The summed E-state index contributed by atoms with van der Waals surface area (Å²) in [5.41, 5.74) is -3.02. The molecular formula is C63H37F63N2O5Si. The largest absolute Gasteiger partial charge is 0.463 e. The number of nitrogens with zero attached hydrogens (tertiary/aromatic N) is 1. The average Bonchev–Trinajstić information content (AvgIpc) is 0.690. The first-order valence-corrected chi connectivity index (χ1v) is 36.2. The fraction of sp³-hybridized carbons (Fsp3) is 0.667. The van der Waals surface area contributed by atoms with Gasteiger partial charge in [0.1, 0.15) is 6.61 Å². The van der Waals surface area contributed by atoms with Crippen molar-refractivity contribution in [3.8, 4) is 0 Å². The molecule has 0 radical (unpaired) electrons. The molecule has 134 heavy (non-hydrogen) atoms. The van der Waals surface area contributed by atoms with Gasteiger partial charge in [0, 0.05) is 25.0 Å². The second-order valence-corrected chi connectivity index (χ2v) is 32.9. The van der Waals surface area contributed by atoms with E-state index < -0.39 is 314 Å². The molecular weight excluding hydrogens is 2090 g/mol. The highest BCUT2D eigenvalue weighted by atomic mass is 28.3. The molecule has 0 spiro atoms. The average molecular weight is 2130 g/mol. The number of hydrogen-bond acceptors (Lipinski definition) is 5. The van der Waals surface area contributed by atoms with Crippen LogP contribution in [0.3, 0.4) is 0 Å². The number of esters is 2. The van der Waals surface area contributed by atoms with Crippen LogP contribution in [0.15, 0.2) is 78.0 Å². The van der Waals surface area contributed by atoms with Gasteiger partial charge in [-0.2, -0.15) is 277 Å². The van der Waals surface area contributed by atoms with Crippen molar-refractivity contribution in [1.29, 1.82) is 0 Å². The number of hydrogen-bond donors (Lipinski definition) is 1. The van der Waals surface area contributed by atoms with Gasteiger partial charge in [0.05, 0.1) is 38.4 Å². The summed E-state index contributed by atoms with van der Waals surface area (Å²) in [6.07, 6.45) is -41.3. The molecule has 4 rings (SSSR count). The summed E-state index contributed by atoms with van der Waals surface area (Å²) in [4.78, 5) is 40.8. The van der Waals surface area contributed by atoms with E-state index in [1.165, 1.54) is 42.5 Å². The Morgan fingerprint density at radius 3 is 0.813 bits per heavy atom. The van der Waals surface area contributed by atoms with Crippen molar-refractivity contribution in [3.05, 3.63) is 89.1 Å². The Labute approximate surface area is 696 Å². The first-order valence-electron chi connectivity index (χ1n) is 33.6. The number of amides is 2. The molecule has 0 aromatic heterocycles. The quantitative estimate of drug-likeness (QED) is 0.0348. The number of carbonyl (C=O) groups is 3. The highest BCUT2D eigenvalue weighted by Gasteiger charge is 3.02. The Hall–Kier alpha value is -8.32. The Morgan fingerprint density at radius 2 is 0.560 bits per heavy atom. The van der Waals surface area contributed by atoms with E-state index in [0.29, 0.717) is 15.7 Å². The van der Waals surface area contributed by atoms with Crippen molar-refractivity contribution in [1.82, 2.24) is 10.2 Å². The Bertz CT molecular complexity index is 4460. The number of halogens is 63. The van der Waals surface area contributed by atoms with Crippen LogP contribution in [0, 0.1) is 0 Å². The summed E-state index contributed by atoms with van der Waals surface area (Å²) in [7, 11) is -8.50. The maximum atomic E-state index is 16.1. The lowest BCUT2D eigenvalue weighted by atomic mass is 9.86. The Kier molecular flexibility index (Phi) is 30.0. The molecule has 0 saturated heterocycles. The lowest BCUT2D eigenvalue weighted by molar-refractivity contribution is -0.474. The van der Waals surface area contributed by atoms with Crippen LogP contribution in [0.1, 0.15) is 55.1 Å². The van der Waals surface area contributed by atoms with E-state index in [1.54, 1.807) is 0 Å². The van der Waals surface area contributed by atoms with Crippen LogP contribution in [0.5, 0.6) is 0 Å². The van der Waals surface area contributed by atoms with E-state index in [-0.39, 0.29) is 5.56 Å². The van der Waals surface area contributed by atoms with Crippen molar-refractivity contribution in [3.63, 3.8) is 0 Å². The zero-order chi connectivity index (χ0) is 107. The first kappa shape index (κ1) is 118. The van der Waals surface area contributed by atoms with E-state index >= 15 is 105 Å². The summed E-state index contributed by atoms with van der Waals surface area (Å²) in [6.45, 7) is -1.39. The molecule has 774 valence electrons. The van der Waals surface area contributed by atoms with Gasteiger partial charge in [0.2, 0.25) is 0 Å². The number of rotatable bonds is 41. The molecule has 1 aliphatic rings. The molecule has 0 bridgehead atoms. The number of nitrogens with one attached hydrogen (secondary N) is 1. The third-order valence-electron chi connectivity index (χ3n) is 20.0. The van der Waals surface area contributed by atoms with Crippen LogP contribution >= 0.6 is 0 Å². The summed E-state index contributed by atoms with van der Waals surface area (Å²) in [5.74, 6) is -269. The maximum absolute atomic E-state index is 16.1. The van der Waals surface area contributed by atoms with Crippen LogP contribution in [-0.4, -0.2) is 229 Å². The van der Waals surface area contributed by atoms with Gasteiger partial charge in [-0.05, 0) is 66.5 Å². The van der Waals surface area contributed by atoms with Crippen molar-refractivity contribution in [2.45, 2.75) is 236 Å². The number of ether oxygens (including phenoxy) is 2. The number of allylic oxidation sites excluding steroid dienone is 1. The molecule has 1 N–H and O–H groups in total. The van der Waals surface area contributed by atoms with Crippen LogP contribution in [0.2, 0.25) is 18.1 Å². The minimum absolute atomic E-state index is 0.00649. The second-order valence-electron chi connectivity index (χ2n) is 28.2. The minimum atomic E-state index is -10.3. The highest BCUT2D eigenvalue weighted by Crippen LogP contribution is 2.72. The fourth-order valence-corrected chi connectivity index (χ4v) is 16.5. The van der Waals surface area contributed by atoms with Crippen LogP contribution in [0.4, 0.5) is 281 Å². The van der Waals surface area contributed by atoms with Gasteiger partial charge >= 0.3 is 196 Å². The lowest BCUT2D eigenvalue weighted by Crippen LogP contribution is -2.77. The van der Waals surface area contributed by atoms with Crippen molar-refractivity contribution >= 4 is 42.0 Å². The molecule has 2 amide bonds. The third-order valence-corrected chi connectivity index (χ3v) is 25.1. The van der Waals surface area contributed by atoms with E-state index in [0.717, 1.165) is 13.8 Å². The first-order chi connectivity index (χ1) is 58.5. The SMILES string of the molecule is CCOC(=O)C1=C(C)N(CCOC(=O)c2ccc([Si](CCC(F)(F)C(F)(F)C(F)(F)C(F)(F)C(F)(F)C(F)(F)C(F)(F)C(F)(F)C(F)(F)C(F)(F)F)(CCC(F)(F)C(F)(F)C(F)(F)C(F)(F)C(F)(F)C(F)(F)C(F)(F)C(F)(F)C(F)(F)C(F)(F)F)CCC(F)(F)C(F)(F)C(F)(F)C(F)(F)C(F)(F)C(F)(F)C(F)(F)C(F)(F)C(F)(F)C(F)(F)F)cc2)C(=O)NC1c1ccc2ccccc2c1. The minimum Gasteiger partial charge on any atom is -0.463 e. The number of urea groups is 1. The number of fused-ring (bicyclic) bond motifs is 1. The van der Waals surface area contributed by atoms with Gasteiger partial charge in [0.25, 0.3) is 0 Å². The molecule has 1 aliphatic heterocycles. The molecule has 0 saturated carbocycles. The number of carbonyl (C=O) groups excluding carboxylic acids is 3. The molecule has 1 unspecified atom stereocenters. The second kappa shape index (κ2) is 34.0. The van der Waals surface area contributed by atoms with E-state index in [2.05, 4.69) is 10.1 Å². The van der Waals surface area contributed by atoms with Crippen molar-refractivity contribution < 1.29 is 300 Å². The highest BCUT2D eigenvalue weighted by molar-refractivity contribution is 6.92. The van der Waals surface area contributed by atoms with E-state index in [1.807, 2.05) is 0 Å². The zero-order valence-corrected chi connectivity index (χ0v) is 63.6. The summed E-state index contributed by atoms with van der Waals surface area (Å²) in [5, 5.41) is 0.158. The normalized spacial score (nSPS) is 17.1. The van der Waals surface area contributed by atoms with Crippen LogP contribution in [0.25, 0.3) is 10.8 Å². The summed E-state index contributed by atoms with van der Waals surface area (Å²) in [6, 6.07) is -9.68. The smallest absolute Gasteiger partial charge is 0.460 e. The molecule has 7 nitrogen and oxygen atoms in total. The van der Waals surface area contributed by atoms with Gasteiger partial charge < -0.3 is 14.8 Å². The summed E-state index contributed by atoms with van der Waals surface area (Å²) >= 11 is 0. The zero-order valence-electron chi connectivity index (χ0n) is 62.6. The van der Waals surface area contributed by atoms with Crippen molar-refractivity contribution in [2.75, 3.05) is 19.8 Å². The molecule has 71 heteroatoms. The summed E-state index contributed by atoms with van der Waals surface area (Å²) < 4.78 is 925. The monoisotopic (exact) mass is 2130 g/mol. The van der Waals surface area contributed by atoms with Gasteiger partial charge in [-0.15, -0.1) is 0 Å². The molecule has 1 heterocycles. The maximum Gasteiger partial charge on any atom is 0.460 e. The van der Waals surface area contributed by atoms with Gasteiger partial charge in [0.15, 0.2) is 0 Å². The standard InChI is InChI=1S/C63H37F63N2O5Si/c1-3-132-32(130)29-23(2)128(33(131)127-30(29)27-9-8-24-6-4-5-7-26(24)22-27)17-18-133-31(129)25-10-12-28(13-11-25)134(19-14-34(64,65)37(70,71)40(76,77)43(82,83)46(88,89)49(94,95)52(100,101)55(106,107)58(112,113)61(118,119)120,20-15-35(66,67)38(72,73)41(78,79)44(84,85)47(90,91)50(96,97)53(102,103)56(108,109)59(114,115)62(121,122)123)21-16-36(68,69)39(74,75)42(80,81)45(86,87)48(92,93)51(98,99)54(104,105)57(110,111)60(116,117)63(124,125)126/h4-13,22,30H,3,14-21H2,1-2H3,(H,127,131). The molecule has 3 aromatic carbocycles. The molecule has 0 fully saturated rings. The van der Waals surface area contributed by atoms with Gasteiger partial charge in [-0.25, -0.2) is 14.4 Å². The molecule has 3 aromatic rings. The lowest BCUT2D eigenvalue weighted by Gasteiger charge is -2.45. The van der Waals surface area contributed by atoms with Crippen LogP contribution in [-0.2, 0) is 14.3 Å². The van der Waals surface area contributed by atoms with Crippen molar-refractivity contribution in [2.24, 2.45) is 0 Å². The predicted octanol–water partition coefficient (Wildman–Crippen LogP) is 26.3. The third kappa shape index (κ3) is 16.8. The molecule has 0 aliphatic carbocycles. The number of alkyl halides is 63. The number of benzene rings is 3. The fourth-order valence-electron chi connectivity index (χ4n) is 11.7. The van der Waals surface area contributed by atoms with Crippen LogP contribution < -0.4 is 10.5 Å². The Morgan fingerprint density at radius 1 is 0.313 bits per heavy atom.